The first kappa shape index (κ1) is 17.4. The molecule has 2 unspecified atom stereocenters. The van der Waals surface area contributed by atoms with Crippen LogP contribution in [0.2, 0.25) is 0 Å². The van der Waals surface area contributed by atoms with Gasteiger partial charge in [-0.05, 0) is 37.4 Å². The number of hydrogen-bond acceptors (Lipinski definition) is 2. The number of halogens is 2. The molecule has 1 rings (SSSR count). The van der Waals surface area contributed by atoms with Crippen LogP contribution in [-0.2, 0) is 6.42 Å². The van der Waals surface area contributed by atoms with E-state index in [1.165, 1.54) is 6.07 Å². The first-order valence-electron chi connectivity index (χ1n) is 7.35. The van der Waals surface area contributed by atoms with Crippen LogP contribution < -0.4 is 5.32 Å². The fourth-order valence-corrected chi connectivity index (χ4v) is 2.92. The van der Waals surface area contributed by atoms with E-state index in [0.29, 0.717) is 17.2 Å². The van der Waals surface area contributed by atoms with Crippen LogP contribution in [0.4, 0.5) is 8.78 Å². The van der Waals surface area contributed by atoms with Gasteiger partial charge in [0.05, 0.1) is 0 Å². The maximum Gasteiger partial charge on any atom is 0.129 e. The second kappa shape index (κ2) is 9.35. The molecular formula is C16H25F2NS. The van der Waals surface area contributed by atoms with E-state index in [1.54, 1.807) is 6.07 Å². The molecule has 20 heavy (non-hydrogen) atoms. The Labute approximate surface area is 125 Å². The van der Waals surface area contributed by atoms with E-state index < -0.39 is 11.6 Å². The summed E-state index contributed by atoms with van der Waals surface area (Å²) < 4.78 is 26.7. The van der Waals surface area contributed by atoms with Crippen LogP contribution in [0.3, 0.4) is 0 Å². The summed E-state index contributed by atoms with van der Waals surface area (Å²) in [5, 5.41) is 4.07. The molecule has 114 valence electrons. The van der Waals surface area contributed by atoms with E-state index in [2.05, 4.69) is 26.1 Å². The highest BCUT2D eigenvalue weighted by Gasteiger charge is 2.14. The first-order valence-corrected chi connectivity index (χ1v) is 8.40. The second-order valence-corrected chi connectivity index (χ2v) is 6.61. The second-order valence-electron chi connectivity index (χ2n) is 5.14. The van der Waals surface area contributed by atoms with Crippen LogP contribution in [0.15, 0.2) is 18.2 Å². The zero-order valence-corrected chi connectivity index (χ0v) is 13.4. The monoisotopic (exact) mass is 301 g/mol. The van der Waals surface area contributed by atoms with Gasteiger partial charge in [0.15, 0.2) is 0 Å². The molecule has 0 fully saturated rings. The van der Waals surface area contributed by atoms with Gasteiger partial charge in [-0.2, -0.15) is 11.8 Å². The third-order valence-electron chi connectivity index (χ3n) is 3.32. The van der Waals surface area contributed by atoms with Crippen molar-refractivity contribution in [2.24, 2.45) is 0 Å². The Kier molecular flexibility index (Phi) is 8.15. The number of rotatable bonds is 9. The SMILES string of the molecule is CCCNC(CSC(C)CC)Cc1ccc(F)cc1F. The quantitative estimate of drug-likeness (QED) is 0.725. The predicted octanol–water partition coefficient (Wildman–Crippen LogP) is 4.41. The minimum Gasteiger partial charge on any atom is -0.313 e. The Balaban J connectivity index is 2.62. The van der Waals surface area contributed by atoms with Crippen molar-refractivity contribution in [2.45, 2.75) is 51.3 Å². The van der Waals surface area contributed by atoms with E-state index in [0.717, 1.165) is 31.2 Å². The van der Waals surface area contributed by atoms with E-state index in [1.807, 2.05) is 11.8 Å². The molecule has 1 aromatic rings. The van der Waals surface area contributed by atoms with Gasteiger partial charge in [-0.15, -0.1) is 0 Å². The van der Waals surface area contributed by atoms with Crippen molar-refractivity contribution in [3.05, 3.63) is 35.4 Å². The molecule has 0 aliphatic carbocycles. The Morgan fingerprint density at radius 2 is 2.00 bits per heavy atom. The van der Waals surface area contributed by atoms with Crippen LogP contribution in [0.5, 0.6) is 0 Å². The highest BCUT2D eigenvalue weighted by molar-refractivity contribution is 7.99. The van der Waals surface area contributed by atoms with Crippen LogP contribution in [0, 0.1) is 11.6 Å². The average molecular weight is 301 g/mol. The zero-order chi connectivity index (χ0) is 15.0. The van der Waals surface area contributed by atoms with Gasteiger partial charge in [0.1, 0.15) is 11.6 Å². The van der Waals surface area contributed by atoms with Crippen LogP contribution in [0.1, 0.15) is 39.2 Å². The Morgan fingerprint density at radius 3 is 2.60 bits per heavy atom. The van der Waals surface area contributed by atoms with E-state index in [9.17, 15) is 8.78 Å². The molecule has 0 saturated carbocycles. The number of thioether (sulfide) groups is 1. The number of benzene rings is 1. The van der Waals surface area contributed by atoms with Crippen molar-refractivity contribution in [3.63, 3.8) is 0 Å². The standard InChI is InChI=1S/C16H25F2NS/c1-4-8-19-15(11-20-12(3)5-2)9-13-6-7-14(17)10-16(13)18/h6-7,10,12,15,19H,4-5,8-9,11H2,1-3H3. The van der Waals surface area contributed by atoms with Gasteiger partial charge in [0.25, 0.3) is 0 Å². The molecular weight excluding hydrogens is 276 g/mol. The fraction of sp³-hybridized carbons (Fsp3) is 0.625. The molecule has 0 bridgehead atoms. The van der Waals surface area contributed by atoms with Crippen molar-refractivity contribution >= 4 is 11.8 Å². The predicted molar refractivity (Wildman–Crippen MR) is 84.4 cm³/mol. The summed E-state index contributed by atoms with van der Waals surface area (Å²) in [6, 6.07) is 4.08. The summed E-state index contributed by atoms with van der Waals surface area (Å²) in [6.45, 7) is 7.42. The summed E-state index contributed by atoms with van der Waals surface area (Å²) in [6.07, 6.45) is 2.79. The minimum atomic E-state index is -0.515. The molecule has 0 aromatic heterocycles. The van der Waals surface area contributed by atoms with Gasteiger partial charge in [-0.25, -0.2) is 8.78 Å². The molecule has 1 N–H and O–H groups in total. The van der Waals surface area contributed by atoms with E-state index in [4.69, 9.17) is 0 Å². The highest BCUT2D eigenvalue weighted by atomic mass is 32.2. The lowest BCUT2D eigenvalue weighted by Crippen LogP contribution is -2.34. The lowest BCUT2D eigenvalue weighted by molar-refractivity contribution is 0.523. The van der Waals surface area contributed by atoms with Gasteiger partial charge < -0.3 is 5.32 Å². The molecule has 0 radical (unpaired) electrons. The van der Waals surface area contributed by atoms with E-state index in [-0.39, 0.29) is 6.04 Å². The molecule has 1 aromatic carbocycles. The lowest BCUT2D eigenvalue weighted by atomic mass is 10.1. The molecule has 0 aliphatic rings. The molecule has 0 spiro atoms. The minimum absolute atomic E-state index is 0.230. The van der Waals surface area contributed by atoms with E-state index >= 15 is 0 Å². The van der Waals surface area contributed by atoms with Gasteiger partial charge in [-0.3, -0.25) is 0 Å². The van der Waals surface area contributed by atoms with Crippen molar-refractivity contribution in [3.8, 4) is 0 Å². The highest BCUT2D eigenvalue weighted by Crippen LogP contribution is 2.18. The van der Waals surface area contributed by atoms with Crippen molar-refractivity contribution in [1.82, 2.24) is 5.32 Å². The fourth-order valence-electron chi connectivity index (χ4n) is 1.89. The third-order valence-corrected chi connectivity index (χ3v) is 4.82. The molecule has 0 aliphatic heterocycles. The van der Waals surface area contributed by atoms with Crippen LogP contribution in [-0.4, -0.2) is 23.6 Å². The molecule has 1 nitrogen and oxygen atoms in total. The molecule has 2 atom stereocenters. The third kappa shape index (κ3) is 6.23. The van der Waals surface area contributed by atoms with Gasteiger partial charge in [0.2, 0.25) is 0 Å². The van der Waals surface area contributed by atoms with Crippen molar-refractivity contribution in [2.75, 3.05) is 12.3 Å². The summed E-state index contributed by atoms with van der Waals surface area (Å²) in [5.74, 6) is -0.00799. The summed E-state index contributed by atoms with van der Waals surface area (Å²) in [5.41, 5.74) is 0.588. The lowest BCUT2D eigenvalue weighted by Gasteiger charge is -2.20. The van der Waals surface area contributed by atoms with Crippen LogP contribution >= 0.6 is 11.8 Å². The molecule has 4 heteroatoms. The number of nitrogens with one attached hydrogen (secondary N) is 1. The Morgan fingerprint density at radius 1 is 1.25 bits per heavy atom. The van der Waals surface area contributed by atoms with Gasteiger partial charge >= 0.3 is 0 Å². The Hall–Kier alpha value is -0.610. The topological polar surface area (TPSA) is 12.0 Å². The summed E-state index contributed by atoms with van der Waals surface area (Å²) in [7, 11) is 0. The normalized spacial score (nSPS) is 14.2. The molecule has 0 heterocycles. The summed E-state index contributed by atoms with van der Waals surface area (Å²) in [4.78, 5) is 0. The maximum atomic E-state index is 13.7. The zero-order valence-electron chi connectivity index (χ0n) is 12.6. The summed E-state index contributed by atoms with van der Waals surface area (Å²) >= 11 is 1.90. The largest absolute Gasteiger partial charge is 0.313 e. The first-order chi connectivity index (χ1) is 9.56. The molecule has 0 saturated heterocycles. The van der Waals surface area contributed by atoms with Gasteiger partial charge in [-0.1, -0.05) is 26.8 Å². The number of hydrogen-bond donors (Lipinski definition) is 1. The average Bonchev–Trinajstić information content (AvgIpc) is 2.43. The molecule has 0 amide bonds. The van der Waals surface area contributed by atoms with Gasteiger partial charge in [0, 0.05) is 23.1 Å². The van der Waals surface area contributed by atoms with Crippen LogP contribution in [0.25, 0.3) is 0 Å². The Bertz CT molecular complexity index is 398. The van der Waals surface area contributed by atoms with Crippen molar-refractivity contribution < 1.29 is 8.78 Å². The smallest absolute Gasteiger partial charge is 0.129 e. The maximum absolute atomic E-state index is 13.7. The van der Waals surface area contributed by atoms with Crippen molar-refractivity contribution in [1.29, 1.82) is 0 Å².